The monoisotopic (exact) mass is 290 g/mol. The maximum Gasteiger partial charge on any atom is 0.328 e. The molecule has 0 aliphatic carbocycles. The Morgan fingerprint density at radius 3 is 2.86 bits per heavy atom. The third-order valence-corrected chi connectivity index (χ3v) is 3.52. The van der Waals surface area contributed by atoms with E-state index < -0.39 is 12.0 Å². The average molecular weight is 290 g/mol. The lowest BCUT2D eigenvalue weighted by Crippen LogP contribution is -2.27. The van der Waals surface area contributed by atoms with Crippen molar-refractivity contribution in [2.24, 2.45) is 5.92 Å². The van der Waals surface area contributed by atoms with Crippen LogP contribution in [0.15, 0.2) is 24.3 Å². The van der Waals surface area contributed by atoms with Crippen LogP contribution in [0.2, 0.25) is 0 Å². The van der Waals surface area contributed by atoms with Gasteiger partial charge in [0.15, 0.2) is 11.9 Å². The van der Waals surface area contributed by atoms with Gasteiger partial charge in [0.1, 0.15) is 5.75 Å². The van der Waals surface area contributed by atoms with Crippen molar-refractivity contribution < 1.29 is 14.6 Å². The summed E-state index contributed by atoms with van der Waals surface area (Å²) in [7, 11) is 1.57. The number of carboxylic acid groups (broad SMARTS) is 1. The van der Waals surface area contributed by atoms with E-state index in [4.69, 9.17) is 4.74 Å². The van der Waals surface area contributed by atoms with E-state index >= 15 is 0 Å². The summed E-state index contributed by atoms with van der Waals surface area (Å²) in [4.78, 5) is 11.6. The number of carboxylic acids is 1. The lowest BCUT2D eigenvalue weighted by molar-refractivity contribution is -0.142. The van der Waals surface area contributed by atoms with Gasteiger partial charge in [-0.15, -0.1) is 5.10 Å². The maximum atomic E-state index is 11.6. The normalized spacial score (nSPS) is 13.7. The van der Waals surface area contributed by atoms with Crippen molar-refractivity contribution in [3.05, 3.63) is 24.3 Å². The molecule has 7 nitrogen and oxygen atoms in total. The van der Waals surface area contributed by atoms with Crippen LogP contribution in [0, 0.1) is 5.92 Å². The number of aromatic nitrogens is 4. The highest BCUT2D eigenvalue weighted by Crippen LogP contribution is 2.27. The molecule has 0 spiro atoms. The summed E-state index contributed by atoms with van der Waals surface area (Å²) in [6.45, 7) is 3.81. The predicted molar refractivity (Wildman–Crippen MR) is 75.9 cm³/mol. The Balaban J connectivity index is 2.48. The van der Waals surface area contributed by atoms with Crippen molar-refractivity contribution in [2.45, 2.75) is 26.3 Å². The average Bonchev–Trinajstić information content (AvgIpc) is 2.96. The summed E-state index contributed by atoms with van der Waals surface area (Å²) in [6, 6.07) is 6.41. The largest absolute Gasteiger partial charge is 0.497 e. The number of methoxy groups -OCH3 is 1. The Morgan fingerprint density at radius 2 is 2.24 bits per heavy atom. The summed E-state index contributed by atoms with van der Waals surface area (Å²) in [5, 5.41) is 20.9. The molecule has 1 aromatic heterocycles. The number of carbonyl (C=O) groups is 1. The summed E-state index contributed by atoms with van der Waals surface area (Å²) < 4.78 is 6.54. The maximum absolute atomic E-state index is 11.6. The van der Waals surface area contributed by atoms with Gasteiger partial charge < -0.3 is 9.84 Å². The molecule has 0 saturated carbocycles. The van der Waals surface area contributed by atoms with Crippen molar-refractivity contribution >= 4 is 5.97 Å². The lowest BCUT2D eigenvalue weighted by Gasteiger charge is -2.19. The number of ether oxygens (including phenoxy) is 1. The van der Waals surface area contributed by atoms with Gasteiger partial charge in [0, 0.05) is 5.56 Å². The second-order valence-electron chi connectivity index (χ2n) is 4.85. The van der Waals surface area contributed by atoms with Crippen LogP contribution in [0.3, 0.4) is 0 Å². The second kappa shape index (κ2) is 6.34. The zero-order chi connectivity index (χ0) is 15.4. The Labute approximate surface area is 122 Å². The number of aliphatic carboxylic acids is 1. The topological polar surface area (TPSA) is 90.1 Å². The van der Waals surface area contributed by atoms with Crippen LogP contribution >= 0.6 is 0 Å². The highest BCUT2D eigenvalue weighted by atomic mass is 16.5. The quantitative estimate of drug-likeness (QED) is 0.875. The molecule has 0 amide bonds. The smallest absolute Gasteiger partial charge is 0.328 e. The summed E-state index contributed by atoms with van der Waals surface area (Å²) in [5.74, 6) is 0.0511. The number of tetrazole rings is 1. The lowest BCUT2D eigenvalue weighted by atomic mass is 9.99. The number of hydrogen-bond acceptors (Lipinski definition) is 5. The van der Waals surface area contributed by atoms with Crippen LogP contribution in [0.25, 0.3) is 11.4 Å². The van der Waals surface area contributed by atoms with E-state index in [0.717, 1.165) is 0 Å². The molecule has 2 rings (SSSR count). The molecule has 2 atom stereocenters. The number of hydrogen-bond donors (Lipinski definition) is 1. The van der Waals surface area contributed by atoms with E-state index in [1.807, 2.05) is 26.0 Å². The second-order valence-corrected chi connectivity index (χ2v) is 4.85. The molecule has 2 aromatic rings. The molecule has 0 saturated heterocycles. The van der Waals surface area contributed by atoms with Crippen LogP contribution in [-0.4, -0.2) is 38.4 Å². The van der Waals surface area contributed by atoms with Gasteiger partial charge in [-0.1, -0.05) is 32.4 Å². The van der Waals surface area contributed by atoms with Gasteiger partial charge in [0.25, 0.3) is 0 Å². The van der Waals surface area contributed by atoms with Gasteiger partial charge in [-0.2, -0.15) is 0 Å². The van der Waals surface area contributed by atoms with Crippen molar-refractivity contribution in [3.8, 4) is 17.1 Å². The molecule has 0 radical (unpaired) electrons. The minimum Gasteiger partial charge on any atom is -0.497 e. The van der Waals surface area contributed by atoms with E-state index in [1.54, 1.807) is 19.2 Å². The molecule has 1 aromatic carbocycles. The Morgan fingerprint density at radius 1 is 1.48 bits per heavy atom. The molecule has 7 heteroatoms. The minimum absolute atomic E-state index is 0.0876. The van der Waals surface area contributed by atoms with Gasteiger partial charge in [0.2, 0.25) is 0 Å². The summed E-state index contributed by atoms with van der Waals surface area (Å²) >= 11 is 0. The predicted octanol–water partition coefficient (Wildman–Crippen LogP) is 2.02. The molecule has 21 heavy (non-hydrogen) atoms. The van der Waals surface area contributed by atoms with Gasteiger partial charge in [-0.3, -0.25) is 0 Å². The third-order valence-electron chi connectivity index (χ3n) is 3.52. The first kappa shape index (κ1) is 15.0. The van der Waals surface area contributed by atoms with Gasteiger partial charge in [0.05, 0.1) is 7.11 Å². The number of rotatable bonds is 6. The number of nitrogens with zero attached hydrogens (tertiary/aromatic N) is 4. The molecule has 1 heterocycles. The van der Waals surface area contributed by atoms with Crippen LogP contribution in [-0.2, 0) is 4.79 Å². The molecule has 2 unspecified atom stereocenters. The third kappa shape index (κ3) is 3.01. The molecule has 1 N–H and O–H groups in total. The highest BCUT2D eigenvalue weighted by Gasteiger charge is 2.29. The fourth-order valence-electron chi connectivity index (χ4n) is 2.15. The van der Waals surface area contributed by atoms with Crippen molar-refractivity contribution in [2.75, 3.05) is 7.11 Å². The minimum atomic E-state index is -0.944. The van der Waals surface area contributed by atoms with E-state index in [-0.39, 0.29) is 5.92 Å². The first-order valence-electron chi connectivity index (χ1n) is 6.73. The van der Waals surface area contributed by atoms with Crippen LogP contribution in [0.4, 0.5) is 0 Å². The van der Waals surface area contributed by atoms with Crippen LogP contribution in [0.1, 0.15) is 26.3 Å². The van der Waals surface area contributed by atoms with Crippen molar-refractivity contribution in [3.63, 3.8) is 0 Å². The van der Waals surface area contributed by atoms with E-state index in [1.165, 1.54) is 4.68 Å². The fourth-order valence-corrected chi connectivity index (χ4v) is 2.15. The van der Waals surface area contributed by atoms with Crippen molar-refractivity contribution in [1.82, 2.24) is 20.2 Å². The molecular formula is C14H18N4O3. The van der Waals surface area contributed by atoms with Gasteiger partial charge >= 0.3 is 5.97 Å². The SMILES string of the molecule is CCC(C)C(C(=O)O)n1nnnc1-c1cccc(OC)c1. The molecule has 0 aliphatic rings. The van der Waals surface area contributed by atoms with Gasteiger partial charge in [-0.25, -0.2) is 9.48 Å². The van der Waals surface area contributed by atoms with E-state index in [2.05, 4.69) is 15.5 Å². The zero-order valence-corrected chi connectivity index (χ0v) is 12.2. The standard InChI is InChI=1S/C14H18N4O3/c1-4-9(2)12(14(19)20)18-13(15-16-17-18)10-6-5-7-11(8-10)21-3/h5-9,12H,4H2,1-3H3,(H,19,20). The van der Waals surface area contributed by atoms with E-state index in [0.29, 0.717) is 23.6 Å². The summed E-state index contributed by atoms with van der Waals surface area (Å²) in [5.41, 5.74) is 0.717. The Kier molecular flexibility index (Phi) is 4.52. The highest BCUT2D eigenvalue weighted by molar-refractivity contribution is 5.73. The first-order chi connectivity index (χ1) is 10.1. The van der Waals surface area contributed by atoms with Crippen LogP contribution in [0.5, 0.6) is 5.75 Å². The molecular weight excluding hydrogens is 272 g/mol. The zero-order valence-electron chi connectivity index (χ0n) is 12.2. The molecule has 0 fully saturated rings. The van der Waals surface area contributed by atoms with E-state index in [9.17, 15) is 9.90 Å². The van der Waals surface area contributed by atoms with Crippen LogP contribution < -0.4 is 4.74 Å². The fraction of sp³-hybridized carbons (Fsp3) is 0.429. The molecule has 0 aliphatic heterocycles. The molecule has 0 bridgehead atoms. The van der Waals surface area contributed by atoms with Gasteiger partial charge in [-0.05, 0) is 28.5 Å². The Bertz CT molecular complexity index is 626. The van der Waals surface area contributed by atoms with Crippen molar-refractivity contribution in [1.29, 1.82) is 0 Å². The number of benzene rings is 1. The first-order valence-corrected chi connectivity index (χ1v) is 6.73. The molecule has 112 valence electrons. The Hall–Kier alpha value is -2.44. The summed E-state index contributed by atoms with van der Waals surface area (Å²) in [6.07, 6.45) is 0.717.